The molecular weight excluding hydrogens is 270 g/mol. The van der Waals surface area contributed by atoms with Crippen LogP contribution in [-0.2, 0) is 0 Å². The van der Waals surface area contributed by atoms with E-state index in [0.717, 1.165) is 34.9 Å². The maximum atomic E-state index is 12.7. The van der Waals surface area contributed by atoms with Crippen LogP contribution in [0.3, 0.4) is 0 Å². The smallest absolute Gasteiger partial charge is 0.255 e. The summed E-state index contributed by atoms with van der Waals surface area (Å²) in [6.07, 6.45) is 0. The molecule has 2 heterocycles. The maximum Gasteiger partial charge on any atom is 0.255 e. The number of hydrogen-bond acceptors (Lipinski definition) is 3. The predicted molar refractivity (Wildman–Crippen MR) is 80.9 cm³/mol. The van der Waals surface area contributed by atoms with Crippen LogP contribution < -0.4 is 0 Å². The summed E-state index contributed by atoms with van der Waals surface area (Å²) in [6, 6.07) is 11.7. The molecule has 0 N–H and O–H groups in total. The molecule has 0 spiro atoms. The Labute approximate surface area is 123 Å². The number of furan rings is 1. The minimum atomic E-state index is -0.00388. The first kappa shape index (κ1) is 13.3. The van der Waals surface area contributed by atoms with E-state index in [1.54, 1.807) is 11.8 Å². The number of hydrogen-bond donors (Lipinski definition) is 0. The summed E-state index contributed by atoms with van der Waals surface area (Å²) in [6.45, 7) is 4.67. The SMILES string of the molecule is Cc1ccc(C2SCCN2C(=O)c2ccccc2C)o1. The molecule has 2 aromatic rings. The Hall–Kier alpha value is -1.68. The summed E-state index contributed by atoms with van der Waals surface area (Å²) < 4.78 is 5.70. The van der Waals surface area contributed by atoms with Crippen molar-refractivity contribution in [3.05, 3.63) is 59.0 Å². The van der Waals surface area contributed by atoms with Crippen LogP contribution in [0, 0.1) is 13.8 Å². The van der Waals surface area contributed by atoms with Crippen molar-refractivity contribution < 1.29 is 9.21 Å². The Morgan fingerprint density at radius 2 is 2.05 bits per heavy atom. The number of carbonyl (C=O) groups excluding carboxylic acids is 1. The molecule has 0 aliphatic carbocycles. The van der Waals surface area contributed by atoms with Gasteiger partial charge in [0.15, 0.2) is 0 Å². The van der Waals surface area contributed by atoms with Crippen molar-refractivity contribution in [2.45, 2.75) is 19.2 Å². The number of benzene rings is 1. The summed E-state index contributed by atoms with van der Waals surface area (Å²) in [4.78, 5) is 14.6. The van der Waals surface area contributed by atoms with Gasteiger partial charge in [0.2, 0.25) is 0 Å². The van der Waals surface area contributed by atoms with Crippen LogP contribution >= 0.6 is 11.8 Å². The zero-order valence-electron chi connectivity index (χ0n) is 11.6. The van der Waals surface area contributed by atoms with E-state index in [0.29, 0.717) is 0 Å². The van der Waals surface area contributed by atoms with Crippen molar-refractivity contribution in [3.8, 4) is 0 Å². The number of carbonyl (C=O) groups is 1. The highest BCUT2D eigenvalue weighted by Crippen LogP contribution is 2.39. The Kier molecular flexibility index (Phi) is 3.57. The van der Waals surface area contributed by atoms with Gasteiger partial charge in [-0.15, -0.1) is 11.8 Å². The predicted octanol–water partition coefficient (Wildman–Crippen LogP) is 3.78. The minimum absolute atomic E-state index is 0.00388. The summed E-state index contributed by atoms with van der Waals surface area (Å²) in [5.74, 6) is 2.79. The summed E-state index contributed by atoms with van der Waals surface area (Å²) in [5, 5.41) is -0.00388. The lowest BCUT2D eigenvalue weighted by Crippen LogP contribution is -2.30. The van der Waals surface area contributed by atoms with E-state index in [2.05, 4.69) is 0 Å². The van der Waals surface area contributed by atoms with Crippen LogP contribution in [-0.4, -0.2) is 23.1 Å². The van der Waals surface area contributed by atoms with Crippen LogP contribution in [0.15, 0.2) is 40.8 Å². The van der Waals surface area contributed by atoms with Gasteiger partial charge in [-0.05, 0) is 37.6 Å². The number of nitrogens with zero attached hydrogens (tertiary/aromatic N) is 1. The fourth-order valence-electron chi connectivity index (χ4n) is 2.47. The monoisotopic (exact) mass is 287 g/mol. The van der Waals surface area contributed by atoms with Gasteiger partial charge < -0.3 is 9.32 Å². The minimum Gasteiger partial charge on any atom is -0.463 e. The van der Waals surface area contributed by atoms with Gasteiger partial charge in [0.1, 0.15) is 16.9 Å². The molecule has 0 radical (unpaired) electrons. The molecule has 1 saturated heterocycles. The van der Waals surface area contributed by atoms with E-state index in [1.165, 1.54) is 0 Å². The molecule has 4 heteroatoms. The lowest BCUT2D eigenvalue weighted by atomic mass is 10.1. The van der Waals surface area contributed by atoms with Gasteiger partial charge in [-0.2, -0.15) is 0 Å². The lowest BCUT2D eigenvalue weighted by Gasteiger charge is -2.23. The van der Waals surface area contributed by atoms with Gasteiger partial charge in [0.25, 0.3) is 5.91 Å². The third-order valence-corrected chi connectivity index (χ3v) is 4.75. The van der Waals surface area contributed by atoms with E-state index in [-0.39, 0.29) is 11.3 Å². The van der Waals surface area contributed by atoms with Crippen LogP contribution in [0.4, 0.5) is 0 Å². The van der Waals surface area contributed by atoms with Crippen LogP contribution in [0.25, 0.3) is 0 Å². The second-order valence-corrected chi connectivity index (χ2v) is 6.17. The van der Waals surface area contributed by atoms with Gasteiger partial charge in [-0.3, -0.25) is 4.79 Å². The van der Waals surface area contributed by atoms with Crippen molar-refractivity contribution >= 4 is 17.7 Å². The molecule has 3 rings (SSSR count). The zero-order chi connectivity index (χ0) is 14.1. The topological polar surface area (TPSA) is 33.5 Å². The second kappa shape index (κ2) is 5.37. The first-order valence-electron chi connectivity index (χ1n) is 6.71. The van der Waals surface area contributed by atoms with Crippen LogP contribution in [0.2, 0.25) is 0 Å². The molecule has 1 amide bonds. The highest BCUT2D eigenvalue weighted by atomic mass is 32.2. The first-order valence-corrected chi connectivity index (χ1v) is 7.76. The summed E-state index contributed by atoms with van der Waals surface area (Å²) in [5.41, 5.74) is 1.80. The number of thioether (sulfide) groups is 1. The molecular formula is C16H17NO2S. The molecule has 1 unspecified atom stereocenters. The first-order chi connectivity index (χ1) is 9.66. The quantitative estimate of drug-likeness (QED) is 0.842. The van der Waals surface area contributed by atoms with Gasteiger partial charge in [0.05, 0.1) is 0 Å². The summed E-state index contributed by atoms with van der Waals surface area (Å²) in [7, 11) is 0. The molecule has 104 valence electrons. The standard InChI is InChI=1S/C16H17NO2S/c1-11-5-3-4-6-13(11)15(18)17-9-10-20-16(17)14-8-7-12(2)19-14/h3-8,16H,9-10H2,1-2H3. The fourth-order valence-corrected chi connectivity index (χ4v) is 3.66. The molecule has 1 aromatic heterocycles. The average molecular weight is 287 g/mol. The second-order valence-electron chi connectivity index (χ2n) is 4.99. The van der Waals surface area contributed by atoms with Gasteiger partial charge in [-0.25, -0.2) is 0 Å². The van der Waals surface area contributed by atoms with E-state index in [1.807, 2.05) is 55.1 Å². The van der Waals surface area contributed by atoms with Gasteiger partial charge >= 0.3 is 0 Å². The molecule has 1 aromatic carbocycles. The third kappa shape index (κ3) is 2.36. The van der Waals surface area contributed by atoms with Crippen molar-refractivity contribution in [1.29, 1.82) is 0 Å². The Morgan fingerprint density at radius 3 is 2.75 bits per heavy atom. The Morgan fingerprint density at radius 1 is 1.25 bits per heavy atom. The molecule has 20 heavy (non-hydrogen) atoms. The number of aryl methyl sites for hydroxylation is 2. The normalized spacial score (nSPS) is 18.5. The van der Waals surface area contributed by atoms with Crippen LogP contribution in [0.1, 0.15) is 32.8 Å². The van der Waals surface area contributed by atoms with Crippen molar-refractivity contribution in [3.63, 3.8) is 0 Å². The van der Waals surface area contributed by atoms with Crippen LogP contribution in [0.5, 0.6) is 0 Å². The van der Waals surface area contributed by atoms with E-state index >= 15 is 0 Å². The summed E-state index contributed by atoms with van der Waals surface area (Å²) >= 11 is 1.76. The van der Waals surface area contributed by atoms with Crippen molar-refractivity contribution in [2.24, 2.45) is 0 Å². The maximum absolute atomic E-state index is 12.7. The largest absolute Gasteiger partial charge is 0.463 e. The Balaban J connectivity index is 1.89. The molecule has 1 aliphatic heterocycles. The Bertz CT molecular complexity index is 635. The third-order valence-electron chi connectivity index (χ3n) is 3.53. The molecule has 1 aliphatic rings. The van der Waals surface area contributed by atoms with Crippen molar-refractivity contribution in [1.82, 2.24) is 4.90 Å². The van der Waals surface area contributed by atoms with E-state index in [4.69, 9.17) is 4.42 Å². The van der Waals surface area contributed by atoms with E-state index < -0.39 is 0 Å². The molecule has 1 fully saturated rings. The van der Waals surface area contributed by atoms with E-state index in [9.17, 15) is 4.79 Å². The number of rotatable bonds is 2. The molecule has 1 atom stereocenters. The lowest BCUT2D eigenvalue weighted by molar-refractivity contribution is 0.0748. The molecule has 0 bridgehead atoms. The highest BCUT2D eigenvalue weighted by molar-refractivity contribution is 7.99. The van der Waals surface area contributed by atoms with Crippen molar-refractivity contribution in [2.75, 3.05) is 12.3 Å². The van der Waals surface area contributed by atoms with Gasteiger partial charge in [0, 0.05) is 17.9 Å². The van der Waals surface area contributed by atoms with Gasteiger partial charge in [-0.1, -0.05) is 18.2 Å². The fraction of sp³-hybridized carbons (Fsp3) is 0.312. The average Bonchev–Trinajstić information content (AvgIpc) is 3.06. The molecule has 0 saturated carbocycles. The highest BCUT2D eigenvalue weighted by Gasteiger charge is 2.33. The number of amides is 1. The molecule has 3 nitrogen and oxygen atoms in total. The zero-order valence-corrected chi connectivity index (χ0v) is 12.4.